The highest BCUT2D eigenvalue weighted by Crippen LogP contribution is 2.36. The number of ether oxygens (including phenoxy) is 1. The number of phenols is 1. The molecule has 1 aromatic heterocycles. The van der Waals surface area contributed by atoms with Gasteiger partial charge in [0.1, 0.15) is 16.9 Å². The number of fused-ring (bicyclic) bond motifs is 1. The Morgan fingerprint density at radius 3 is 2.60 bits per heavy atom. The van der Waals surface area contributed by atoms with E-state index in [0.29, 0.717) is 18.0 Å². The number of carbonyl (C=O) groups is 1. The monoisotopic (exact) mass is 408 g/mol. The zero-order valence-electron chi connectivity index (χ0n) is 17.0. The van der Waals surface area contributed by atoms with Gasteiger partial charge in [0, 0.05) is 23.3 Å². The van der Waals surface area contributed by atoms with Gasteiger partial charge in [-0.3, -0.25) is 4.98 Å². The summed E-state index contributed by atoms with van der Waals surface area (Å²) in [4.78, 5) is 16.6. The van der Waals surface area contributed by atoms with E-state index in [9.17, 15) is 14.3 Å². The summed E-state index contributed by atoms with van der Waals surface area (Å²) in [6.45, 7) is 0. The third-order valence-electron chi connectivity index (χ3n) is 5.69. The van der Waals surface area contributed by atoms with Crippen molar-refractivity contribution in [3.8, 4) is 5.75 Å². The Morgan fingerprint density at radius 1 is 1.17 bits per heavy atom. The van der Waals surface area contributed by atoms with Crippen LogP contribution in [0.4, 0.5) is 10.1 Å². The number of hydrogen-bond acceptors (Lipinski definition) is 5. The zero-order valence-corrected chi connectivity index (χ0v) is 17.0. The van der Waals surface area contributed by atoms with Crippen molar-refractivity contribution in [2.75, 3.05) is 12.4 Å². The molecule has 0 atom stereocenters. The van der Waals surface area contributed by atoms with Gasteiger partial charge in [0.2, 0.25) is 0 Å². The van der Waals surface area contributed by atoms with Crippen molar-refractivity contribution in [3.05, 3.63) is 65.1 Å². The normalized spacial score (nSPS) is 14.6. The first-order valence-corrected chi connectivity index (χ1v) is 10.3. The summed E-state index contributed by atoms with van der Waals surface area (Å²) in [6, 6.07) is 10.3. The minimum absolute atomic E-state index is 0.0992. The van der Waals surface area contributed by atoms with E-state index in [1.165, 1.54) is 38.5 Å². The summed E-state index contributed by atoms with van der Waals surface area (Å²) < 4.78 is 18.0. The molecule has 30 heavy (non-hydrogen) atoms. The molecule has 1 aliphatic rings. The fourth-order valence-corrected chi connectivity index (χ4v) is 4.11. The molecule has 0 spiro atoms. The van der Waals surface area contributed by atoms with Gasteiger partial charge in [0.25, 0.3) is 0 Å². The molecule has 0 unspecified atom stereocenters. The predicted molar refractivity (Wildman–Crippen MR) is 114 cm³/mol. The summed E-state index contributed by atoms with van der Waals surface area (Å²) in [5.41, 5.74) is 3.13. The summed E-state index contributed by atoms with van der Waals surface area (Å²) in [6.07, 6.45) is 7.99. The molecule has 2 N–H and O–H groups in total. The number of methoxy groups -OCH3 is 1. The molecule has 1 heterocycles. The van der Waals surface area contributed by atoms with Crippen molar-refractivity contribution >= 4 is 22.6 Å². The molecule has 3 aromatic rings. The van der Waals surface area contributed by atoms with Gasteiger partial charge in [-0.05, 0) is 54.7 Å². The SMILES string of the molecule is COC(=O)c1cc(NC2CCCCC2)c2cc(Cc3ccc(F)cc3)cnc2c1O. The Bertz CT molecular complexity index is 1060. The van der Waals surface area contributed by atoms with E-state index < -0.39 is 5.97 Å². The molecule has 1 aliphatic carbocycles. The van der Waals surface area contributed by atoms with E-state index in [0.717, 1.165) is 35.0 Å². The quantitative estimate of drug-likeness (QED) is 0.448. The number of nitrogens with zero attached hydrogens (tertiary/aromatic N) is 1. The summed E-state index contributed by atoms with van der Waals surface area (Å²) in [5, 5.41) is 15.0. The molecular weight excluding hydrogens is 383 g/mol. The third kappa shape index (κ3) is 4.22. The highest BCUT2D eigenvalue weighted by atomic mass is 19.1. The Labute approximate surface area is 174 Å². The molecule has 156 valence electrons. The van der Waals surface area contributed by atoms with Crippen LogP contribution in [0, 0.1) is 5.82 Å². The molecule has 5 nitrogen and oxygen atoms in total. The average molecular weight is 408 g/mol. The largest absolute Gasteiger partial charge is 0.505 e. The van der Waals surface area contributed by atoms with Gasteiger partial charge in [-0.1, -0.05) is 31.4 Å². The molecule has 2 aromatic carbocycles. The van der Waals surface area contributed by atoms with E-state index in [2.05, 4.69) is 10.3 Å². The molecule has 0 radical (unpaired) electrons. The van der Waals surface area contributed by atoms with Crippen LogP contribution in [0.15, 0.2) is 42.6 Å². The topological polar surface area (TPSA) is 71.5 Å². The van der Waals surface area contributed by atoms with Crippen molar-refractivity contribution in [1.29, 1.82) is 0 Å². The number of hydrogen-bond donors (Lipinski definition) is 2. The van der Waals surface area contributed by atoms with E-state index in [-0.39, 0.29) is 17.1 Å². The molecule has 6 heteroatoms. The maximum atomic E-state index is 13.2. The molecule has 0 bridgehead atoms. The van der Waals surface area contributed by atoms with Crippen LogP contribution in [-0.4, -0.2) is 29.2 Å². The highest BCUT2D eigenvalue weighted by molar-refractivity contribution is 6.05. The van der Waals surface area contributed by atoms with Gasteiger partial charge in [0.05, 0.1) is 7.11 Å². The van der Waals surface area contributed by atoms with Gasteiger partial charge in [-0.25, -0.2) is 9.18 Å². The maximum absolute atomic E-state index is 13.2. The predicted octanol–water partition coefficient (Wildman–Crippen LogP) is 5.20. The molecule has 0 amide bonds. The number of anilines is 1. The molecule has 1 fully saturated rings. The maximum Gasteiger partial charge on any atom is 0.341 e. The Balaban J connectivity index is 1.76. The second-order valence-corrected chi connectivity index (χ2v) is 7.83. The van der Waals surface area contributed by atoms with Gasteiger partial charge >= 0.3 is 5.97 Å². The molecule has 4 rings (SSSR count). The lowest BCUT2D eigenvalue weighted by Crippen LogP contribution is -2.22. The van der Waals surface area contributed by atoms with E-state index in [1.807, 2.05) is 6.07 Å². The number of pyridine rings is 1. The van der Waals surface area contributed by atoms with Crippen molar-refractivity contribution in [2.24, 2.45) is 0 Å². The standard InChI is InChI=1S/C24H25FN2O3/c1-30-24(29)20-13-21(27-18-5-3-2-4-6-18)19-12-16(14-26-22(19)23(20)28)11-15-7-9-17(25)10-8-15/h7-10,12-14,18,27-28H,2-6,11H2,1H3. The minimum atomic E-state index is -0.599. The van der Waals surface area contributed by atoms with Crippen molar-refractivity contribution in [2.45, 2.75) is 44.6 Å². The van der Waals surface area contributed by atoms with Crippen molar-refractivity contribution < 1.29 is 19.0 Å². The van der Waals surface area contributed by atoms with Crippen LogP contribution >= 0.6 is 0 Å². The van der Waals surface area contributed by atoms with Crippen LogP contribution in [0.25, 0.3) is 10.9 Å². The molecule has 0 aliphatic heterocycles. The smallest absolute Gasteiger partial charge is 0.341 e. The molecule has 0 saturated heterocycles. The number of halogens is 1. The van der Waals surface area contributed by atoms with Gasteiger partial charge < -0.3 is 15.2 Å². The van der Waals surface area contributed by atoms with Gasteiger partial charge in [-0.15, -0.1) is 0 Å². The van der Waals surface area contributed by atoms with Crippen molar-refractivity contribution in [1.82, 2.24) is 4.98 Å². The van der Waals surface area contributed by atoms with Crippen LogP contribution in [-0.2, 0) is 11.2 Å². The van der Waals surface area contributed by atoms with Crippen LogP contribution in [0.2, 0.25) is 0 Å². The third-order valence-corrected chi connectivity index (χ3v) is 5.69. The van der Waals surface area contributed by atoms with Crippen LogP contribution in [0.5, 0.6) is 5.75 Å². The first kappa shape index (κ1) is 20.1. The first-order valence-electron chi connectivity index (χ1n) is 10.3. The Kier molecular flexibility index (Phi) is 5.84. The highest BCUT2D eigenvalue weighted by Gasteiger charge is 2.21. The number of aromatic nitrogens is 1. The Morgan fingerprint density at radius 2 is 1.90 bits per heavy atom. The van der Waals surface area contributed by atoms with E-state index >= 15 is 0 Å². The Hall–Kier alpha value is -3.15. The number of nitrogens with one attached hydrogen (secondary N) is 1. The summed E-state index contributed by atoms with van der Waals surface area (Å²) in [7, 11) is 1.29. The molecular formula is C24H25FN2O3. The van der Waals surface area contributed by atoms with E-state index in [1.54, 1.807) is 24.4 Å². The zero-order chi connectivity index (χ0) is 21.1. The fourth-order valence-electron chi connectivity index (χ4n) is 4.11. The number of aromatic hydroxyl groups is 1. The van der Waals surface area contributed by atoms with Crippen LogP contribution in [0.1, 0.15) is 53.6 Å². The number of rotatable bonds is 5. The lowest BCUT2D eigenvalue weighted by Gasteiger charge is -2.25. The number of esters is 1. The number of carbonyl (C=O) groups excluding carboxylic acids is 1. The van der Waals surface area contributed by atoms with Crippen LogP contribution in [0.3, 0.4) is 0 Å². The van der Waals surface area contributed by atoms with Gasteiger partial charge in [0.15, 0.2) is 5.75 Å². The lowest BCUT2D eigenvalue weighted by molar-refractivity contribution is 0.0598. The first-order chi connectivity index (χ1) is 14.5. The lowest BCUT2D eigenvalue weighted by atomic mass is 9.94. The van der Waals surface area contributed by atoms with Gasteiger partial charge in [-0.2, -0.15) is 0 Å². The summed E-state index contributed by atoms with van der Waals surface area (Å²) in [5.74, 6) is -1.05. The summed E-state index contributed by atoms with van der Waals surface area (Å²) >= 11 is 0. The number of phenolic OH excluding ortho intramolecular Hbond substituents is 1. The fraction of sp³-hybridized carbons (Fsp3) is 0.333. The minimum Gasteiger partial charge on any atom is -0.505 e. The second kappa shape index (κ2) is 8.69. The molecule has 1 saturated carbocycles. The average Bonchev–Trinajstić information content (AvgIpc) is 2.77. The van der Waals surface area contributed by atoms with Crippen molar-refractivity contribution in [3.63, 3.8) is 0 Å². The number of benzene rings is 2. The second-order valence-electron chi connectivity index (χ2n) is 7.83. The van der Waals surface area contributed by atoms with Crippen LogP contribution < -0.4 is 5.32 Å². The van der Waals surface area contributed by atoms with E-state index in [4.69, 9.17) is 4.74 Å².